The van der Waals surface area contributed by atoms with Crippen LogP contribution in [-0.2, 0) is 23.9 Å². The van der Waals surface area contributed by atoms with Crippen molar-refractivity contribution < 1.29 is 4.21 Å². The Hall–Kier alpha value is -2.40. The molecule has 1 N–H and O–H groups in total. The van der Waals surface area contributed by atoms with Gasteiger partial charge in [0, 0.05) is 46.6 Å². The van der Waals surface area contributed by atoms with Gasteiger partial charge in [0.1, 0.15) is 0 Å². The number of nitrogens with one attached hydrogen (secondary N) is 1. The SMILES string of the molecule is C[S@@](=O)c1ccc(CNc2ccc(Cn3cccn3)cc2)cc1. The second kappa shape index (κ2) is 7.24. The third-order valence-electron chi connectivity index (χ3n) is 3.61. The summed E-state index contributed by atoms with van der Waals surface area (Å²) >= 11 is 0. The third-order valence-corrected chi connectivity index (χ3v) is 4.55. The average molecular weight is 325 g/mol. The number of rotatable bonds is 6. The van der Waals surface area contributed by atoms with Crippen LogP contribution in [0.2, 0.25) is 0 Å². The van der Waals surface area contributed by atoms with Crippen molar-refractivity contribution in [3.8, 4) is 0 Å². The summed E-state index contributed by atoms with van der Waals surface area (Å²) in [6, 6.07) is 18.1. The summed E-state index contributed by atoms with van der Waals surface area (Å²) in [4.78, 5) is 0.858. The molecule has 1 heterocycles. The average Bonchev–Trinajstić information content (AvgIpc) is 3.07. The molecule has 0 saturated carbocycles. The Morgan fingerprint density at radius 2 is 1.74 bits per heavy atom. The van der Waals surface area contributed by atoms with Crippen LogP contribution in [0.15, 0.2) is 71.9 Å². The van der Waals surface area contributed by atoms with Gasteiger partial charge in [-0.1, -0.05) is 24.3 Å². The Balaban J connectivity index is 1.56. The normalized spacial score (nSPS) is 12.0. The van der Waals surface area contributed by atoms with Gasteiger partial charge in [-0.05, 0) is 41.5 Å². The van der Waals surface area contributed by atoms with E-state index in [1.165, 1.54) is 11.1 Å². The maximum Gasteiger partial charge on any atom is 0.0659 e. The highest BCUT2D eigenvalue weighted by molar-refractivity contribution is 7.84. The van der Waals surface area contributed by atoms with E-state index in [-0.39, 0.29) is 0 Å². The number of anilines is 1. The number of benzene rings is 2. The molecular formula is C18H19N3OS. The standard InChI is InChI=1S/C18H19N3OS/c1-23(22)18-9-5-15(6-10-18)13-19-17-7-3-16(4-8-17)14-21-12-2-11-20-21/h2-12,19H,13-14H2,1H3/t23-/m1/s1. The first-order chi connectivity index (χ1) is 11.2. The fourth-order valence-corrected chi connectivity index (χ4v) is 2.83. The Bertz CT molecular complexity index is 765. The molecule has 4 nitrogen and oxygen atoms in total. The van der Waals surface area contributed by atoms with E-state index in [4.69, 9.17) is 0 Å². The first-order valence-corrected chi connectivity index (χ1v) is 8.99. The zero-order valence-electron chi connectivity index (χ0n) is 13.0. The van der Waals surface area contributed by atoms with E-state index in [9.17, 15) is 4.21 Å². The van der Waals surface area contributed by atoms with Gasteiger partial charge >= 0.3 is 0 Å². The number of nitrogens with zero attached hydrogens (tertiary/aromatic N) is 2. The second-order valence-corrected chi connectivity index (χ2v) is 6.73. The van der Waals surface area contributed by atoms with Crippen LogP contribution in [0.5, 0.6) is 0 Å². The lowest BCUT2D eigenvalue weighted by molar-refractivity contribution is 0.686. The fraction of sp³-hybridized carbons (Fsp3) is 0.167. The monoisotopic (exact) mass is 325 g/mol. The van der Waals surface area contributed by atoms with Gasteiger partial charge in [-0.3, -0.25) is 8.89 Å². The van der Waals surface area contributed by atoms with E-state index in [0.717, 1.165) is 23.7 Å². The Morgan fingerprint density at radius 1 is 1.04 bits per heavy atom. The molecule has 0 bridgehead atoms. The van der Waals surface area contributed by atoms with Crippen molar-refractivity contribution in [2.45, 2.75) is 18.0 Å². The summed E-state index contributed by atoms with van der Waals surface area (Å²) in [5.41, 5.74) is 3.46. The van der Waals surface area contributed by atoms with Crippen LogP contribution in [0.1, 0.15) is 11.1 Å². The van der Waals surface area contributed by atoms with Crippen molar-refractivity contribution >= 4 is 16.5 Å². The smallest absolute Gasteiger partial charge is 0.0659 e. The summed E-state index contributed by atoms with van der Waals surface area (Å²) in [5.74, 6) is 0. The lowest BCUT2D eigenvalue weighted by Crippen LogP contribution is -2.02. The highest BCUT2D eigenvalue weighted by Gasteiger charge is 1.99. The van der Waals surface area contributed by atoms with Crippen LogP contribution in [0, 0.1) is 0 Å². The highest BCUT2D eigenvalue weighted by atomic mass is 32.2. The van der Waals surface area contributed by atoms with Crippen molar-refractivity contribution in [1.82, 2.24) is 9.78 Å². The molecule has 118 valence electrons. The second-order valence-electron chi connectivity index (χ2n) is 5.35. The predicted molar refractivity (Wildman–Crippen MR) is 93.9 cm³/mol. The molecule has 0 fully saturated rings. The minimum absolute atomic E-state index is 0.745. The molecule has 0 radical (unpaired) electrons. The molecular weight excluding hydrogens is 306 g/mol. The Labute approximate surface area is 138 Å². The molecule has 0 saturated heterocycles. The van der Waals surface area contributed by atoms with Gasteiger partial charge in [0.25, 0.3) is 0 Å². The molecule has 23 heavy (non-hydrogen) atoms. The first kappa shape index (κ1) is 15.5. The molecule has 0 aliphatic heterocycles. The predicted octanol–water partition coefficient (Wildman–Crippen LogP) is 3.28. The summed E-state index contributed by atoms with van der Waals surface area (Å²) in [6.45, 7) is 1.53. The van der Waals surface area contributed by atoms with Crippen LogP contribution in [0.3, 0.4) is 0 Å². The van der Waals surface area contributed by atoms with Gasteiger partial charge in [0.15, 0.2) is 0 Å². The summed E-state index contributed by atoms with van der Waals surface area (Å²) in [6.07, 6.45) is 5.44. The van der Waals surface area contributed by atoms with E-state index < -0.39 is 10.8 Å². The third kappa shape index (κ3) is 4.29. The van der Waals surface area contributed by atoms with Crippen LogP contribution < -0.4 is 5.32 Å². The topological polar surface area (TPSA) is 46.9 Å². The van der Waals surface area contributed by atoms with Gasteiger partial charge in [0.05, 0.1) is 6.54 Å². The highest BCUT2D eigenvalue weighted by Crippen LogP contribution is 2.13. The molecule has 0 unspecified atom stereocenters. The number of aromatic nitrogens is 2. The first-order valence-electron chi connectivity index (χ1n) is 7.43. The zero-order valence-corrected chi connectivity index (χ0v) is 13.8. The Kier molecular flexibility index (Phi) is 4.88. The van der Waals surface area contributed by atoms with E-state index in [1.807, 2.05) is 41.2 Å². The zero-order chi connectivity index (χ0) is 16.1. The molecule has 2 aromatic carbocycles. The van der Waals surface area contributed by atoms with Crippen molar-refractivity contribution in [3.63, 3.8) is 0 Å². The van der Waals surface area contributed by atoms with E-state index >= 15 is 0 Å². The van der Waals surface area contributed by atoms with Crippen molar-refractivity contribution in [1.29, 1.82) is 0 Å². The molecule has 0 aliphatic rings. The number of hydrogen-bond donors (Lipinski definition) is 1. The molecule has 3 rings (SSSR count). The van der Waals surface area contributed by atoms with Crippen molar-refractivity contribution in [2.75, 3.05) is 11.6 Å². The molecule has 3 aromatic rings. The quantitative estimate of drug-likeness (QED) is 0.756. The van der Waals surface area contributed by atoms with E-state index in [1.54, 1.807) is 12.5 Å². The molecule has 0 amide bonds. The maximum absolute atomic E-state index is 11.4. The number of hydrogen-bond acceptors (Lipinski definition) is 3. The summed E-state index contributed by atoms with van der Waals surface area (Å²) in [7, 11) is -0.921. The molecule has 0 spiro atoms. The fourth-order valence-electron chi connectivity index (χ4n) is 2.31. The molecule has 0 aliphatic carbocycles. The molecule has 5 heteroatoms. The Morgan fingerprint density at radius 3 is 2.35 bits per heavy atom. The van der Waals surface area contributed by atoms with Crippen LogP contribution in [0.25, 0.3) is 0 Å². The summed E-state index contributed by atoms with van der Waals surface area (Å²) < 4.78 is 13.3. The van der Waals surface area contributed by atoms with Gasteiger partial charge in [-0.15, -0.1) is 0 Å². The van der Waals surface area contributed by atoms with Crippen LogP contribution >= 0.6 is 0 Å². The maximum atomic E-state index is 11.4. The lowest BCUT2D eigenvalue weighted by atomic mass is 10.2. The minimum atomic E-state index is -0.921. The van der Waals surface area contributed by atoms with Crippen LogP contribution in [0.4, 0.5) is 5.69 Å². The largest absolute Gasteiger partial charge is 0.381 e. The summed E-state index contributed by atoms with van der Waals surface area (Å²) in [5, 5.41) is 7.61. The van der Waals surface area contributed by atoms with E-state index in [2.05, 4.69) is 34.7 Å². The lowest BCUT2D eigenvalue weighted by Gasteiger charge is -2.08. The van der Waals surface area contributed by atoms with Gasteiger partial charge in [-0.2, -0.15) is 5.10 Å². The van der Waals surface area contributed by atoms with Crippen LogP contribution in [-0.4, -0.2) is 20.2 Å². The molecule has 1 aromatic heterocycles. The van der Waals surface area contributed by atoms with Crippen molar-refractivity contribution in [2.24, 2.45) is 0 Å². The van der Waals surface area contributed by atoms with E-state index in [0.29, 0.717) is 0 Å². The van der Waals surface area contributed by atoms with Gasteiger partial charge < -0.3 is 5.32 Å². The minimum Gasteiger partial charge on any atom is -0.381 e. The molecule has 1 atom stereocenters. The van der Waals surface area contributed by atoms with Crippen molar-refractivity contribution in [3.05, 3.63) is 78.1 Å². The van der Waals surface area contributed by atoms with Gasteiger partial charge in [0.2, 0.25) is 0 Å². The van der Waals surface area contributed by atoms with Gasteiger partial charge in [-0.25, -0.2) is 0 Å².